The van der Waals surface area contributed by atoms with Gasteiger partial charge in [0.05, 0.1) is 11.3 Å². The van der Waals surface area contributed by atoms with Gasteiger partial charge in [0.15, 0.2) is 0 Å². The Morgan fingerprint density at radius 2 is 2.04 bits per heavy atom. The second kappa shape index (κ2) is 7.16. The molecule has 9 nitrogen and oxygen atoms in total. The molecule has 3 N–H and O–H groups in total. The molecule has 1 aliphatic rings. The largest absolute Gasteiger partial charge is 0.507 e. The maximum absolute atomic E-state index is 12.6. The van der Waals surface area contributed by atoms with Crippen molar-refractivity contribution in [1.82, 2.24) is 36.0 Å². The zero-order chi connectivity index (χ0) is 18.0. The standard InChI is InChI=1S/C16H23N7O2/c1-10-13(11(2)19-18-10)6-7-22(3)16(25)14-5-4-12(8-15(14)24)23-9-17-20-21-23/h4-5,8-11,13,18-19,24H,6-7H2,1-3H3. The highest BCUT2D eigenvalue weighted by Crippen LogP contribution is 2.23. The molecule has 2 atom stereocenters. The van der Waals surface area contributed by atoms with Crippen molar-refractivity contribution < 1.29 is 9.90 Å². The molecule has 0 bridgehead atoms. The maximum Gasteiger partial charge on any atom is 0.257 e. The summed E-state index contributed by atoms with van der Waals surface area (Å²) in [6.07, 6.45) is 2.31. The second-order valence-electron chi connectivity index (χ2n) is 6.50. The number of nitrogens with zero attached hydrogens (tertiary/aromatic N) is 5. The van der Waals surface area contributed by atoms with Crippen LogP contribution < -0.4 is 10.9 Å². The predicted octanol–water partition coefficient (Wildman–Crippen LogP) is 0.331. The van der Waals surface area contributed by atoms with E-state index in [1.807, 2.05) is 0 Å². The monoisotopic (exact) mass is 345 g/mol. The van der Waals surface area contributed by atoms with E-state index in [1.165, 1.54) is 17.1 Å². The van der Waals surface area contributed by atoms with Gasteiger partial charge in [-0.25, -0.2) is 4.68 Å². The first-order chi connectivity index (χ1) is 12.0. The lowest BCUT2D eigenvalue weighted by Crippen LogP contribution is -2.32. The summed E-state index contributed by atoms with van der Waals surface area (Å²) in [5.74, 6) is 0.154. The Morgan fingerprint density at radius 1 is 1.32 bits per heavy atom. The van der Waals surface area contributed by atoms with E-state index in [4.69, 9.17) is 0 Å². The molecule has 9 heteroatoms. The number of phenolic OH excluding ortho intramolecular Hbond substituents is 1. The Balaban J connectivity index is 1.66. The summed E-state index contributed by atoms with van der Waals surface area (Å²) in [5.41, 5.74) is 7.30. The lowest BCUT2D eigenvalue weighted by atomic mass is 9.93. The summed E-state index contributed by atoms with van der Waals surface area (Å²) in [6.45, 7) is 4.88. The van der Waals surface area contributed by atoms with Gasteiger partial charge < -0.3 is 10.0 Å². The van der Waals surface area contributed by atoms with Crippen molar-refractivity contribution >= 4 is 5.91 Å². The van der Waals surface area contributed by atoms with Crippen molar-refractivity contribution in [2.75, 3.05) is 13.6 Å². The van der Waals surface area contributed by atoms with E-state index < -0.39 is 0 Å². The van der Waals surface area contributed by atoms with Crippen molar-refractivity contribution in [2.45, 2.75) is 32.4 Å². The molecule has 134 valence electrons. The summed E-state index contributed by atoms with van der Waals surface area (Å²) < 4.78 is 1.42. The topological polar surface area (TPSA) is 108 Å². The molecule has 1 aromatic heterocycles. The smallest absolute Gasteiger partial charge is 0.257 e. The molecule has 1 aromatic carbocycles. The summed E-state index contributed by atoms with van der Waals surface area (Å²) in [5, 5.41) is 21.1. The molecule has 2 aromatic rings. The third kappa shape index (κ3) is 3.62. The number of carbonyl (C=O) groups excluding carboxylic acids is 1. The minimum absolute atomic E-state index is 0.0872. The number of hydrogen-bond donors (Lipinski definition) is 3. The van der Waals surface area contributed by atoms with Crippen molar-refractivity contribution in [3.63, 3.8) is 0 Å². The van der Waals surface area contributed by atoms with Crippen LogP contribution >= 0.6 is 0 Å². The number of aromatic hydroxyl groups is 1. The van der Waals surface area contributed by atoms with Crippen LogP contribution in [-0.2, 0) is 0 Å². The van der Waals surface area contributed by atoms with Crippen LogP contribution in [0.4, 0.5) is 0 Å². The molecule has 2 unspecified atom stereocenters. The minimum Gasteiger partial charge on any atom is -0.507 e. The number of hydrazine groups is 1. The summed E-state index contributed by atoms with van der Waals surface area (Å²) in [4.78, 5) is 14.3. The van der Waals surface area contributed by atoms with Crippen LogP contribution in [0.1, 0.15) is 30.6 Å². The molecule has 3 rings (SSSR count). The third-order valence-corrected chi connectivity index (χ3v) is 4.79. The van der Waals surface area contributed by atoms with Gasteiger partial charge in [-0.05, 0) is 48.7 Å². The highest BCUT2D eigenvalue weighted by Gasteiger charge is 2.30. The van der Waals surface area contributed by atoms with Gasteiger partial charge in [0.2, 0.25) is 0 Å². The van der Waals surface area contributed by atoms with Gasteiger partial charge >= 0.3 is 0 Å². The lowest BCUT2D eigenvalue weighted by Gasteiger charge is -2.23. The molecule has 0 saturated carbocycles. The average molecular weight is 345 g/mol. The van der Waals surface area contributed by atoms with Crippen LogP contribution in [0.3, 0.4) is 0 Å². The first-order valence-electron chi connectivity index (χ1n) is 8.30. The maximum atomic E-state index is 12.6. The molecular formula is C16H23N7O2. The van der Waals surface area contributed by atoms with Gasteiger partial charge in [-0.15, -0.1) is 5.10 Å². The molecule has 0 aliphatic carbocycles. The Morgan fingerprint density at radius 3 is 2.64 bits per heavy atom. The second-order valence-corrected chi connectivity index (χ2v) is 6.50. The number of phenols is 1. The summed E-state index contributed by atoms with van der Waals surface area (Å²) in [6, 6.07) is 5.50. The average Bonchev–Trinajstić information content (AvgIpc) is 3.23. The SMILES string of the molecule is CC1NNC(C)C1CCN(C)C(=O)c1ccc(-n2cnnn2)cc1O. The van der Waals surface area contributed by atoms with Crippen LogP contribution in [0.15, 0.2) is 24.5 Å². The highest BCUT2D eigenvalue weighted by atomic mass is 16.3. The summed E-state index contributed by atoms with van der Waals surface area (Å²) >= 11 is 0. The van der Waals surface area contributed by atoms with Gasteiger partial charge in [-0.3, -0.25) is 15.6 Å². The fourth-order valence-electron chi connectivity index (χ4n) is 3.18. The molecule has 25 heavy (non-hydrogen) atoms. The normalized spacial score (nSPS) is 22.9. The van der Waals surface area contributed by atoms with Gasteiger partial charge in [0, 0.05) is 31.7 Å². The van der Waals surface area contributed by atoms with Crippen molar-refractivity contribution in [2.24, 2.45) is 5.92 Å². The van der Waals surface area contributed by atoms with Crippen molar-refractivity contribution in [1.29, 1.82) is 0 Å². The van der Waals surface area contributed by atoms with E-state index >= 15 is 0 Å². The van der Waals surface area contributed by atoms with Crippen LogP contribution in [0.5, 0.6) is 5.75 Å². The van der Waals surface area contributed by atoms with E-state index in [0.717, 1.165) is 6.42 Å². The van der Waals surface area contributed by atoms with Crippen molar-refractivity contribution in [3.05, 3.63) is 30.1 Å². The van der Waals surface area contributed by atoms with Crippen LogP contribution in [-0.4, -0.2) is 61.8 Å². The first kappa shape index (κ1) is 17.3. The molecular weight excluding hydrogens is 322 g/mol. The number of nitrogens with one attached hydrogen (secondary N) is 2. The quantitative estimate of drug-likeness (QED) is 0.717. The number of aromatic nitrogens is 4. The highest BCUT2D eigenvalue weighted by molar-refractivity contribution is 5.96. The summed E-state index contributed by atoms with van der Waals surface area (Å²) in [7, 11) is 1.75. The molecule has 1 amide bonds. The van der Waals surface area contributed by atoms with Gasteiger partial charge in [-0.1, -0.05) is 0 Å². The number of hydrogen-bond acceptors (Lipinski definition) is 7. The molecule has 1 aliphatic heterocycles. The van der Waals surface area contributed by atoms with Crippen LogP contribution in [0.25, 0.3) is 5.69 Å². The fraction of sp³-hybridized carbons (Fsp3) is 0.500. The van der Waals surface area contributed by atoms with Gasteiger partial charge in [0.1, 0.15) is 12.1 Å². The number of tetrazole rings is 1. The Labute approximate surface area is 146 Å². The van der Waals surface area contributed by atoms with Gasteiger partial charge in [0.25, 0.3) is 5.91 Å². The van der Waals surface area contributed by atoms with E-state index in [-0.39, 0.29) is 17.2 Å². The number of amides is 1. The number of rotatable bonds is 5. The Kier molecular flexibility index (Phi) is 4.95. The van der Waals surface area contributed by atoms with Gasteiger partial charge in [-0.2, -0.15) is 0 Å². The van der Waals surface area contributed by atoms with E-state index in [9.17, 15) is 9.90 Å². The van der Waals surface area contributed by atoms with E-state index in [1.54, 1.807) is 24.1 Å². The number of carbonyl (C=O) groups is 1. The number of benzene rings is 1. The van der Waals surface area contributed by atoms with Crippen LogP contribution in [0, 0.1) is 5.92 Å². The molecule has 1 fully saturated rings. The Bertz CT molecular complexity index is 724. The molecule has 0 spiro atoms. The Hall–Kier alpha value is -2.52. The third-order valence-electron chi connectivity index (χ3n) is 4.79. The zero-order valence-electron chi connectivity index (χ0n) is 14.5. The molecule has 0 radical (unpaired) electrons. The minimum atomic E-state index is -0.208. The molecule has 2 heterocycles. The fourth-order valence-corrected chi connectivity index (χ4v) is 3.18. The van der Waals surface area contributed by atoms with E-state index in [2.05, 4.69) is 40.2 Å². The van der Waals surface area contributed by atoms with E-state index in [0.29, 0.717) is 30.2 Å². The molecule has 1 saturated heterocycles. The zero-order valence-corrected chi connectivity index (χ0v) is 14.5. The first-order valence-corrected chi connectivity index (χ1v) is 8.30. The lowest BCUT2D eigenvalue weighted by molar-refractivity contribution is 0.0782. The predicted molar refractivity (Wildman–Crippen MR) is 91.1 cm³/mol. The van der Waals surface area contributed by atoms with Crippen LogP contribution in [0.2, 0.25) is 0 Å². The van der Waals surface area contributed by atoms with Crippen molar-refractivity contribution in [3.8, 4) is 11.4 Å².